The van der Waals surface area contributed by atoms with Gasteiger partial charge in [0.25, 0.3) is 0 Å². The van der Waals surface area contributed by atoms with Gasteiger partial charge in [-0.25, -0.2) is 0 Å². The lowest BCUT2D eigenvalue weighted by Crippen LogP contribution is -2.11. The fourth-order valence-corrected chi connectivity index (χ4v) is 4.72. The van der Waals surface area contributed by atoms with Crippen LogP contribution in [-0.4, -0.2) is 10.2 Å². The minimum absolute atomic E-state index is 0.197. The molecule has 0 radical (unpaired) electrons. The van der Waals surface area contributed by atoms with Crippen molar-refractivity contribution >= 4 is 0 Å². The van der Waals surface area contributed by atoms with Gasteiger partial charge in [0.1, 0.15) is 11.5 Å². The van der Waals surface area contributed by atoms with Crippen LogP contribution < -0.4 is 0 Å². The third kappa shape index (κ3) is 2.48. The summed E-state index contributed by atoms with van der Waals surface area (Å²) in [7, 11) is 0. The van der Waals surface area contributed by atoms with E-state index in [9.17, 15) is 10.2 Å². The van der Waals surface area contributed by atoms with E-state index in [1.165, 1.54) is 22.3 Å². The molecule has 0 amide bonds. The molecule has 0 heterocycles. The molecule has 2 nitrogen and oxygen atoms in total. The maximum absolute atomic E-state index is 10.6. The number of aromatic hydroxyl groups is 2. The second-order valence-electron chi connectivity index (χ2n) is 7.49. The average molecular weight is 344 g/mol. The highest BCUT2D eigenvalue weighted by molar-refractivity contribution is 5.59. The predicted molar refractivity (Wildman–Crippen MR) is 105 cm³/mol. The fraction of sp³-hybridized carbons (Fsp3) is 0.250. The van der Waals surface area contributed by atoms with E-state index in [2.05, 4.69) is 43.3 Å². The van der Waals surface area contributed by atoms with Crippen molar-refractivity contribution in [3.63, 3.8) is 0 Å². The Morgan fingerprint density at radius 2 is 1.38 bits per heavy atom. The van der Waals surface area contributed by atoms with Crippen LogP contribution >= 0.6 is 0 Å². The molecular formula is C24H24O2. The molecule has 1 aliphatic rings. The van der Waals surface area contributed by atoms with E-state index in [1.54, 1.807) is 12.1 Å². The Morgan fingerprint density at radius 1 is 0.769 bits per heavy atom. The molecule has 0 fully saturated rings. The summed E-state index contributed by atoms with van der Waals surface area (Å²) >= 11 is 0. The van der Waals surface area contributed by atoms with Gasteiger partial charge in [-0.2, -0.15) is 0 Å². The molecule has 0 saturated heterocycles. The van der Waals surface area contributed by atoms with Gasteiger partial charge in [-0.05, 0) is 65.3 Å². The summed E-state index contributed by atoms with van der Waals surface area (Å²) in [5.41, 5.74) is 6.95. The van der Waals surface area contributed by atoms with Crippen LogP contribution in [0.2, 0.25) is 0 Å². The number of hydrogen-bond donors (Lipinski definition) is 2. The second kappa shape index (κ2) is 6.21. The summed E-state index contributed by atoms with van der Waals surface area (Å²) in [6, 6.07) is 20.3. The van der Waals surface area contributed by atoms with Crippen molar-refractivity contribution in [2.24, 2.45) is 5.92 Å². The third-order valence-electron chi connectivity index (χ3n) is 5.92. The van der Waals surface area contributed by atoms with Crippen molar-refractivity contribution < 1.29 is 10.2 Å². The molecule has 3 aromatic rings. The normalized spacial score (nSPS) is 21.6. The van der Waals surface area contributed by atoms with Gasteiger partial charge >= 0.3 is 0 Å². The number of fused-ring (bicyclic) bond motifs is 1. The van der Waals surface area contributed by atoms with E-state index in [0.717, 1.165) is 11.1 Å². The fourth-order valence-electron chi connectivity index (χ4n) is 4.72. The second-order valence-corrected chi connectivity index (χ2v) is 7.49. The van der Waals surface area contributed by atoms with Crippen molar-refractivity contribution in [3.8, 4) is 11.5 Å². The molecule has 0 bridgehead atoms. The van der Waals surface area contributed by atoms with Gasteiger partial charge in [0.05, 0.1) is 0 Å². The molecule has 132 valence electrons. The summed E-state index contributed by atoms with van der Waals surface area (Å²) in [6.45, 7) is 6.29. The SMILES string of the molecule is Cc1cc2c(c(C)c1O)[C@H](c1ccc(O)cc1)[C@@H](C)[C@H]2c1ccccc1. The standard InChI is InChI=1S/C24H24O2/c1-14-13-20-21(17-7-5-4-6-8-17)15(2)22(23(20)16(3)24(14)26)18-9-11-19(25)12-10-18/h4-13,15,21-22,25-26H,1-3H3/t15-,21-,22-/m0/s1. The molecule has 0 spiro atoms. The Hall–Kier alpha value is -2.74. The summed E-state index contributed by atoms with van der Waals surface area (Å²) < 4.78 is 0. The summed E-state index contributed by atoms with van der Waals surface area (Å²) in [4.78, 5) is 0. The van der Waals surface area contributed by atoms with Gasteiger partial charge in [0.15, 0.2) is 0 Å². The summed E-state index contributed by atoms with van der Waals surface area (Å²) in [5.74, 6) is 1.53. The lowest BCUT2D eigenvalue weighted by molar-refractivity contribution is 0.464. The van der Waals surface area contributed by atoms with Gasteiger partial charge in [-0.15, -0.1) is 0 Å². The van der Waals surface area contributed by atoms with Gasteiger partial charge in [-0.1, -0.05) is 55.5 Å². The van der Waals surface area contributed by atoms with Crippen LogP contribution in [0, 0.1) is 19.8 Å². The van der Waals surface area contributed by atoms with E-state index in [4.69, 9.17) is 0 Å². The van der Waals surface area contributed by atoms with Gasteiger partial charge in [0, 0.05) is 11.8 Å². The molecule has 3 atom stereocenters. The van der Waals surface area contributed by atoms with Crippen molar-refractivity contribution in [2.45, 2.75) is 32.6 Å². The van der Waals surface area contributed by atoms with Crippen LogP contribution in [0.15, 0.2) is 60.7 Å². The summed E-state index contributed by atoms with van der Waals surface area (Å²) in [5, 5.41) is 20.3. The smallest absolute Gasteiger partial charge is 0.121 e. The van der Waals surface area contributed by atoms with E-state index >= 15 is 0 Å². The largest absolute Gasteiger partial charge is 0.508 e. The van der Waals surface area contributed by atoms with Gasteiger partial charge < -0.3 is 10.2 Å². The minimum atomic E-state index is 0.197. The van der Waals surface area contributed by atoms with Gasteiger partial charge in [0.2, 0.25) is 0 Å². The Balaban J connectivity index is 1.96. The zero-order valence-electron chi connectivity index (χ0n) is 15.4. The quantitative estimate of drug-likeness (QED) is 0.632. The Morgan fingerprint density at radius 3 is 2.04 bits per heavy atom. The molecule has 1 aliphatic carbocycles. The molecule has 2 heteroatoms. The molecule has 2 N–H and O–H groups in total. The molecule has 0 aromatic heterocycles. The third-order valence-corrected chi connectivity index (χ3v) is 5.92. The predicted octanol–water partition coefficient (Wildman–Crippen LogP) is 5.63. The monoisotopic (exact) mass is 344 g/mol. The topological polar surface area (TPSA) is 40.5 Å². The van der Waals surface area contributed by atoms with E-state index < -0.39 is 0 Å². The Kier molecular flexibility index (Phi) is 3.99. The Bertz CT molecular complexity index is 942. The molecular weight excluding hydrogens is 320 g/mol. The number of phenols is 2. The van der Waals surface area contributed by atoms with Gasteiger partial charge in [-0.3, -0.25) is 0 Å². The molecule has 0 unspecified atom stereocenters. The number of aryl methyl sites for hydroxylation is 1. The summed E-state index contributed by atoms with van der Waals surface area (Å²) in [6.07, 6.45) is 0. The first-order chi connectivity index (χ1) is 12.5. The highest BCUT2D eigenvalue weighted by Crippen LogP contribution is 2.55. The maximum Gasteiger partial charge on any atom is 0.121 e. The molecule has 26 heavy (non-hydrogen) atoms. The first kappa shape index (κ1) is 16.7. The first-order valence-electron chi connectivity index (χ1n) is 9.16. The van der Waals surface area contributed by atoms with Crippen LogP contribution in [0.4, 0.5) is 0 Å². The highest BCUT2D eigenvalue weighted by atomic mass is 16.3. The van der Waals surface area contributed by atoms with Crippen molar-refractivity contribution in [1.82, 2.24) is 0 Å². The number of rotatable bonds is 2. The molecule has 0 aliphatic heterocycles. The lowest BCUT2D eigenvalue weighted by atomic mass is 9.81. The van der Waals surface area contributed by atoms with Crippen LogP contribution in [0.3, 0.4) is 0 Å². The first-order valence-corrected chi connectivity index (χ1v) is 9.16. The van der Waals surface area contributed by atoms with E-state index in [-0.39, 0.29) is 11.7 Å². The molecule has 4 rings (SSSR count). The number of phenolic OH excluding ortho intramolecular Hbond substituents is 2. The van der Waals surface area contributed by atoms with Crippen molar-refractivity contribution in [2.75, 3.05) is 0 Å². The number of hydrogen-bond acceptors (Lipinski definition) is 2. The van der Waals surface area contributed by atoms with Crippen LogP contribution in [0.5, 0.6) is 11.5 Å². The number of benzene rings is 3. The maximum atomic E-state index is 10.6. The molecule has 0 saturated carbocycles. The van der Waals surface area contributed by atoms with Crippen LogP contribution in [0.1, 0.15) is 52.1 Å². The lowest BCUT2D eigenvalue weighted by Gasteiger charge is -2.23. The van der Waals surface area contributed by atoms with Crippen LogP contribution in [-0.2, 0) is 0 Å². The molecule has 3 aromatic carbocycles. The minimum Gasteiger partial charge on any atom is -0.508 e. The average Bonchev–Trinajstić information content (AvgIpc) is 2.93. The highest BCUT2D eigenvalue weighted by Gasteiger charge is 2.41. The van der Waals surface area contributed by atoms with Crippen molar-refractivity contribution in [3.05, 3.63) is 94.0 Å². The zero-order chi connectivity index (χ0) is 18.4. The van der Waals surface area contributed by atoms with E-state index in [1.807, 2.05) is 26.0 Å². The van der Waals surface area contributed by atoms with Crippen LogP contribution in [0.25, 0.3) is 0 Å². The van der Waals surface area contributed by atoms with E-state index in [0.29, 0.717) is 17.6 Å². The zero-order valence-corrected chi connectivity index (χ0v) is 15.4. The van der Waals surface area contributed by atoms with Crippen molar-refractivity contribution in [1.29, 1.82) is 0 Å². The Labute approximate surface area is 154 Å².